The summed E-state index contributed by atoms with van der Waals surface area (Å²) >= 11 is 0. The molecule has 0 aliphatic rings. The Bertz CT molecular complexity index is 164. The van der Waals surface area contributed by atoms with E-state index in [1.807, 2.05) is 0 Å². The normalized spacial score (nSPS) is 8.75. The summed E-state index contributed by atoms with van der Waals surface area (Å²) in [6.45, 7) is 6.38. The molecule has 1 heteroatoms. The van der Waals surface area contributed by atoms with Crippen LogP contribution in [0.1, 0.15) is 10.9 Å². The maximum absolute atomic E-state index is 2.17. The van der Waals surface area contributed by atoms with E-state index in [0.29, 0.717) is 0 Å². The van der Waals surface area contributed by atoms with Gasteiger partial charge in [-0.05, 0) is 0 Å². The van der Waals surface area contributed by atoms with Gasteiger partial charge >= 0.3 is 49.9 Å². The third-order valence-electron chi connectivity index (χ3n) is 1.17. The standard InChI is InChI=1S/C7H9B/c1-6-4-3-5-7(2)8-6/h3-5H,1-2H3. The molecule has 0 unspecified atom stereocenters. The van der Waals surface area contributed by atoms with Crippen LogP contribution in [0.4, 0.5) is 0 Å². The van der Waals surface area contributed by atoms with Crippen molar-refractivity contribution in [1.82, 2.24) is 0 Å². The van der Waals surface area contributed by atoms with Crippen LogP contribution in [0.3, 0.4) is 0 Å². The van der Waals surface area contributed by atoms with Crippen molar-refractivity contribution in [3.05, 3.63) is 29.1 Å². The molecule has 8 heavy (non-hydrogen) atoms. The zero-order chi connectivity index (χ0) is 5.98. The average Bonchev–Trinajstić information content (AvgIpc) is 1.64. The molecule has 0 nitrogen and oxygen atoms in total. The second-order valence-corrected chi connectivity index (χ2v) is 2.16. The van der Waals surface area contributed by atoms with Crippen molar-refractivity contribution in [3.8, 4) is 0 Å². The monoisotopic (exact) mass is 104 g/mol. The summed E-state index contributed by atoms with van der Waals surface area (Å²) in [4.78, 5) is 0. The van der Waals surface area contributed by atoms with E-state index in [4.69, 9.17) is 0 Å². The molecule has 1 aromatic rings. The van der Waals surface area contributed by atoms with Crippen molar-refractivity contribution in [2.24, 2.45) is 0 Å². The molecule has 0 spiro atoms. The Morgan fingerprint density at radius 2 is 1.62 bits per heavy atom. The third-order valence-corrected chi connectivity index (χ3v) is 1.17. The quantitative estimate of drug-likeness (QED) is 0.469. The Labute approximate surface area is 50.8 Å². The first kappa shape index (κ1) is 5.55. The minimum absolute atomic E-state index is 1.34. The molecule has 0 aliphatic carbocycles. The van der Waals surface area contributed by atoms with Crippen LogP contribution in [0.2, 0.25) is 0 Å². The van der Waals surface area contributed by atoms with Crippen LogP contribution in [0.15, 0.2) is 18.2 Å². The van der Waals surface area contributed by atoms with Gasteiger partial charge in [0.15, 0.2) is 0 Å². The van der Waals surface area contributed by atoms with E-state index >= 15 is 0 Å². The molecule has 1 heterocycles. The molecule has 40 valence electrons. The summed E-state index contributed by atoms with van der Waals surface area (Å²) in [6.07, 6.45) is 0. The number of rotatable bonds is 0. The topological polar surface area (TPSA) is 0 Å². The van der Waals surface area contributed by atoms with E-state index in [1.165, 1.54) is 10.9 Å². The van der Waals surface area contributed by atoms with Crippen LogP contribution in [-0.4, -0.2) is 6.91 Å². The molecule has 0 saturated heterocycles. The number of aryl methyl sites for hydroxylation is 2. The molecule has 1 rings (SSSR count). The molecule has 0 saturated carbocycles. The molecule has 0 amide bonds. The van der Waals surface area contributed by atoms with Gasteiger partial charge in [0.05, 0.1) is 0 Å². The van der Waals surface area contributed by atoms with Crippen LogP contribution in [0.5, 0.6) is 0 Å². The van der Waals surface area contributed by atoms with Crippen LogP contribution in [-0.2, 0) is 0 Å². The summed E-state index contributed by atoms with van der Waals surface area (Å²) in [5, 5.41) is 0. The van der Waals surface area contributed by atoms with E-state index in [-0.39, 0.29) is 0 Å². The van der Waals surface area contributed by atoms with Crippen molar-refractivity contribution in [2.75, 3.05) is 0 Å². The SMILES string of the molecule is Cc1bc(C)ccc1. The van der Waals surface area contributed by atoms with Crippen LogP contribution >= 0.6 is 0 Å². The summed E-state index contributed by atoms with van der Waals surface area (Å²) in [5.41, 5.74) is 2.68. The molecule has 0 bridgehead atoms. The zero-order valence-electron chi connectivity index (χ0n) is 5.31. The van der Waals surface area contributed by atoms with E-state index in [2.05, 4.69) is 39.0 Å². The van der Waals surface area contributed by atoms with Gasteiger partial charge in [-0.3, -0.25) is 0 Å². The Balaban J connectivity index is 3.08. The molecular weight excluding hydrogens is 94.9 g/mol. The predicted octanol–water partition coefficient (Wildman–Crippen LogP) is 1.64. The van der Waals surface area contributed by atoms with E-state index in [9.17, 15) is 0 Å². The van der Waals surface area contributed by atoms with Gasteiger partial charge in [-0.25, -0.2) is 0 Å². The van der Waals surface area contributed by atoms with Gasteiger partial charge in [0, 0.05) is 0 Å². The first-order valence-electron chi connectivity index (χ1n) is 2.82. The summed E-state index contributed by atoms with van der Waals surface area (Å²) < 4.78 is 0. The first-order valence-corrected chi connectivity index (χ1v) is 2.82. The minimum atomic E-state index is 1.34. The second kappa shape index (κ2) is 2.12. The average molecular weight is 104 g/mol. The molecule has 0 atom stereocenters. The molecular formula is C7H9B. The predicted molar refractivity (Wildman–Crippen MR) is 37.3 cm³/mol. The second-order valence-electron chi connectivity index (χ2n) is 2.16. The molecule has 1 aromatic heterocycles. The van der Waals surface area contributed by atoms with Gasteiger partial charge in [0.1, 0.15) is 0 Å². The summed E-state index contributed by atoms with van der Waals surface area (Å²) in [6, 6.07) is 6.28. The molecule has 0 fully saturated rings. The zero-order valence-corrected chi connectivity index (χ0v) is 5.31. The van der Waals surface area contributed by atoms with Crippen molar-refractivity contribution >= 4 is 6.91 Å². The van der Waals surface area contributed by atoms with Gasteiger partial charge in [0.2, 0.25) is 0 Å². The number of hydrogen-bond acceptors (Lipinski definition) is 0. The van der Waals surface area contributed by atoms with E-state index in [1.54, 1.807) is 0 Å². The van der Waals surface area contributed by atoms with Gasteiger partial charge in [0.25, 0.3) is 0 Å². The fraction of sp³-hybridized carbons (Fsp3) is 0.286. The van der Waals surface area contributed by atoms with E-state index in [0.717, 1.165) is 0 Å². The van der Waals surface area contributed by atoms with E-state index < -0.39 is 0 Å². The Morgan fingerprint density at radius 3 is 1.88 bits per heavy atom. The molecule has 0 N–H and O–H groups in total. The third kappa shape index (κ3) is 1.19. The van der Waals surface area contributed by atoms with Crippen molar-refractivity contribution < 1.29 is 0 Å². The maximum atomic E-state index is 2.17. The Kier molecular flexibility index (Phi) is 1.47. The number of hydrogen-bond donors (Lipinski definition) is 0. The Morgan fingerprint density at radius 1 is 1.12 bits per heavy atom. The van der Waals surface area contributed by atoms with Gasteiger partial charge < -0.3 is 0 Å². The fourth-order valence-electron chi connectivity index (χ4n) is 0.807. The first-order chi connectivity index (χ1) is 3.79. The van der Waals surface area contributed by atoms with Gasteiger partial charge in [-0.15, -0.1) is 0 Å². The van der Waals surface area contributed by atoms with Crippen LogP contribution < -0.4 is 0 Å². The summed E-state index contributed by atoms with van der Waals surface area (Å²) in [7, 11) is 0. The Hall–Kier alpha value is -0.585. The van der Waals surface area contributed by atoms with Crippen LogP contribution in [0.25, 0.3) is 0 Å². The van der Waals surface area contributed by atoms with Crippen LogP contribution in [0, 0.1) is 13.8 Å². The van der Waals surface area contributed by atoms with Crippen molar-refractivity contribution in [2.45, 2.75) is 13.8 Å². The molecule has 0 radical (unpaired) electrons. The van der Waals surface area contributed by atoms with Gasteiger partial charge in [-0.1, -0.05) is 0 Å². The molecule has 0 aromatic carbocycles. The fourth-order valence-corrected chi connectivity index (χ4v) is 0.807. The van der Waals surface area contributed by atoms with Crippen molar-refractivity contribution in [1.29, 1.82) is 0 Å². The summed E-state index contributed by atoms with van der Waals surface area (Å²) in [5.74, 6) is 0. The van der Waals surface area contributed by atoms with Gasteiger partial charge in [-0.2, -0.15) is 0 Å². The van der Waals surface area contributed by atoms with Crippen molar-refractivity contribution in [3.63, 3.8) is 0 Å². The molecule has 0 aliphatic heterocycles.